The Kier molecular flexibility index (Phi) is 1.81. The molecule has 1 heterocycles. The zero-order valence-corrected chi connectivity index (χ0v) is 6.42. The molecule has 2 nitrogen and oxygen atoms in total. The van der Waals surface area contributed by atoms with Crippen molar-refractivity contribution in [2.75, 3.05) is 0 Å². The Hall–Kier alpha value is -1.71. The lowest BCUT2D eigenvalue weighted by molar-refractivity contribution is 0.563. The van der Waals surface area contributed by atoms with Gasteiger partial charge in [0.1, 0.15) is 24.1 Å². The summed E-state index contributed by atoms with van der Waals surface area (Å²) in [5.41, 5.74) is 0.263. The van der Waals surface area contributed by atoms with Gasteiger partial charge in [-0.05, 0) is 12.1 Å². The van der Waals surface area contributed by atoms with E-state index in [-0.39, 0.29) is 11.5 Å². The van der Waals surface area contributed by atoms with Gasteiger partial charge in [-0.1, -0.05) is 0 Å². The molecule has 1 aromatic heterocycles. The summed E-state index contributed by atoms with van der Waals surface area (Å²) < 4.78 is 30.2. The maximum Gasteiger partial charge on any atom is 0.226 e. The Balaban J connectivity index is 2.53. The van der Waals surface area contributed by atoms with Gasteiger partial charge < -0.3 is 4.42 Å². The van der Waals surface area contributed by atoms with Crippen molar-refractivity contribution in [2.24, 2.45) is 0 Å². The van der Waals surface area contributed by atoms with Gasteiger partial charge in [0.2, 0.25) is 5.89 Å². The van der Waals surface area contributed by atoms with Crippen LogP contribution in [0.2, 0.25) is 0 Å². The maximum atomic E-state index is 12.7. The topological polar surface area (TPSA) is 26.0 Å². The lowest BCUT2D eigenvalue weighted by Gasteiger charge is -1.95. The monoisotopic (exact) mass is 180 g/mol. The molecule has 0 saturated heterocycles. The molecule has 0 bridgehead atoms. The van der Waals surface area contributed by atoms with Gasteiger partial charge in [0, 0.05) is 11.6 Å². The van der Waals surface area contributed by atoms with E-state index in [0.29, 0.717) is 0 Å². The smallest absolute Gasteiger partial charge is 0.226 e. The second-order valence-electron chi connectivity index (χ2n) is 2.44. The minimum atomic E-state index is -0.659. The summed E-state index contributed by atoms with van der Waals surface area (Å²) in [6.07, 6.45) is 3.63. The average molecular weight is 180 g/mol. The molecule has 2 rings (SSSR count). The van der Waals surface area contributed by atoms with Crippen molar-refractivity contribution in [3.63, 3.8) is 0 Å². The number of halogens is 2. The molecule has 0 aliphatic carbocycles. The standard InChI is InChI=1S/C9H4F2NO/c10-7-3-6(4-8(11)5-7)9-12-1-2-13-9/h2-5H. The van der Waals surface area contributed by atoms with Crippen LogP contribution in [0.15, 0.2) is 28.9 Å². The number of hydrogen-bond acceptors (Lipinski definition) is 2. The molecule has 0 saturated carbocycles. The molecule has 4 heteroatoms. The van der Waals surface area contributed by atoms with Gasteiger partial charge in [-0.15, -0.1) is 0 Å². The van der Waals surface area contributed by atoms with Crippen LogP contribution in [-0.2, 0) is 0 Å². The molecule has 0 fully saturated rings. The summed E-state index contributed by atoms with van der Waals surface area (Å²) >= 11 is 0. The fraction of sp³-hybridized carbons (Fsp3) is 0. The Morgan fingerprint density at radius 1 is 1.15 bits per heavy atom. The van der Waals surface area contributed by atoms with Crippen LogP contribution in [0.5, 0.6) is 0 Å². The molecule has 0 aliphatic heterocycles. The van der Waals surface area contributed by atoms with E-state index in [2.05, 4.69) is 11.2 Å². The molecule has 13 heavy (non-hydrogen) atoms. The lowest BCUT2D eigenvalue weighted by atomic mass is 10.2. The molecule has 1 radical (unpaired) electrons. The first kappa shape index (κ1) is 7.91. The number of benzene rings is 1. The van der Waals surface area contributed by atoms with Crippen LogP contribution in [-0.4, -0.2) is 4.98 Å². The van der Waals surface area contributed by atoms with Crippen LogP contribution in [0.25, 0.3) is 11.5 Å². The second kappa shape index (κ2) is 2.97. The molecule has 0 aliphatic rings. The van der Waals surface area contributed by atoms with E-state index in [1.165, 1.54) is 6.26 Å². The van der Waals surface area contributed by atoms with Gasteiger partial charge in [0.15, 0.2) is 0 Å². The average Bonchev–Trinajstić information content (AvgIpc) is 2.53. The van der Waals surface area contributed by atoms with Gasteiger partial charge in [-0.25, -0.2) is 13.8 Å². The van der Waals surface area contributed by atoms with Crippen LogP contribution >= 0.6 is 0 Å². The number of nitrogens with zero attached hydrogens (tertiary/aromatic N) is 1. The SMILES string of the molecule is Fc1cc(F)cc(-c2n[c]co2)c1. The van der Waals surface area contributed by atoms with Crippen molar-refractivity contribution in [3.05, 3.63) is 42.3 Å². The Labute approximate surface area is 72.8 Å². The Morgan fingerprint density at radius 2 is 1.85 bits per heavy atom. The van der Waals surface area contributed by atoms with E-state index in [4.69, 9.17) is 4.42 Å². The van der Waals surface area contributed by atoms with Gasteiger partial charge in [-0.2, -0.15) is 0 Å². The molecule has 0 spiro atoms. The van der Waals surface area contributed by atoms with Crippen molar-refractivity contribution in [2.45, 2.75) is 0 Å². The first-order valence-electron chi connectivity index (χ1n) is 3.54. The predicted octanol–water partition coefficient (Wildman–Crippen LogP) is 2.42. The molecule has 0 N–H and O–H groups in total. The zero-order valence-electron chi connectivity index (χ0n) is 6.42. The zero-order chi connectivity index (χ0) is 9.26. The predicted molar refractivity (Wildman–Crippen MR) is 40.7 cm³/mol. The Morgan fingerprint density at radius 3 is 2.38 bits per heavy atom. The van der Waals surface area contributed by atoms with E-state index in [0.717, 1.165) is 18.2 Å². The largest absolute Gasteiger partial charge is 0.444 e. The van der Waals surface area contributed by atoms with Crippen LogP contribution in [0, 0.1) is 17.8 Å². The second-order valence-corrected chi connectivity index (χ2v) is 2.44. The van der Waals surface area contributed by atoms with Crippen LogP contribution in [0.4, 0.5) is 8.78 Å². The normalized spacial score (nSPS) is 10.3. The molecule has 65 valence electrons. The molecule has 0 unspecified atom stereocenters. The van der Waals surface area contributed by atoms with Crippen LogP contribution in [0.1, 0.15) is 0 Å². The highest BCUT2D eigenvalue weighted by molar-refractivity contribution is 5.52. The minimum absolute atomic E-state index is 0.151. The summed E-state index contributed by atoms with van der Waals surface area (Å²) in [7, 11) is 0. The molecular weight excluding hydrogens is 176 g/mol. The third-order valence-corrected chi connectivity index (χ3v) is 1.50. The molecule has 0 amide bonds. The fourth-order valence-electron chi connectivity index (χ4n) is 1.00. The van der Waals surface area contributed by atoms with Crippen molar-refractivity contribution >= 4 is 0 Å². The summed E-state index contributed by atoms with van der Waals surface area (Å²) in [6, 6.07) is 3.07. The molecular formula is C9H4F2NO. The molecule has 1 aromatic carbocycles. The van der Waals surface area contributed by atoms with E-state index in [1.54, 1.807) is 0 Å². The summed E-state index contributed by atoms with van der Waals surface area (Å²) in [5.74, 6) is -1.17. The van der Waals surface area contributed by atoms with Crippen molar-refractivity contribution in [1.29, 1.82) is 0 Å². The van der Waals surface area contributed by atoms with Crippen molar-refractivity contribution < 1.29 is 13.2 Å². The summed E-state index contributed by atoms with van der Waals surface area (Å²) in [4.78, 5) is 3.64. The van der Waals surface area contributed by atoms with E-state index >= 15 is 0 Å². The van der Waals surface area contributed by atoms with Crippen LogP contribution < -0.4 is 0 Å². The number of aromatic nitrogens is 1. The number of oxazole rings is 1. The highest BCUT2D eigenvalue weighted by Gasteiger charge is 2.06. The Bertz CT molecular complexity index is 391. The summed E-state index contributed by atoms with van der Waals surface area (Å²) in [5, 5.41) is 0. The summed E-state index contributed by atoms with van der Waals surface area (Å²) in [6.45, 7) is 0. The quantitative estimate of drug-likeness (QED) is 0.673. The van der Waals surface area contributed by atoms with E-state index in [9.17, 15) is 8.78 Å². The highest BCUT2D eigenvalue weighted by Crippen LogP contribution is 2.19. The van der Waals surface area contributed by atoms with E-state index in [1.807, 2.05) is 0 Å². The first-order chi connectivity index (χ1) is 6.25. The van der Waals surface area contributed by atoms with E-state index < -0.39 is 11.6 Å². The van der Waals surface area contributed by atoms with Crippen molar-refractivity contribution in [3.8, 4) is 11.5 Å². The first-order valence-corrected chi connectivity index (χ1v) is 3.54. The molecule has 0 atom stereocenters. The van der Waals surface area contributed by atoms with Crippen LogP contribution in [0.3, 0.4) is 0 Å². The third kappa shape index (κ3) is 1.56. The maximum absolute atomic E-state index is 12.7. The van der Waals surface area contributed by atoms with Gasteiger partial charge in [0.05, 0.1) is 0 Å². The highest BCUT2D eigenvalue weighted by atomic mass is 19.1. The van der Waals surface area contributed by atoms with Gasteiger partial charge >= 0.3 is 0 Å². The number of hydrogen-bond donors (Lipinski definition) is 0. The van der Waals surface area contributed by atoms with Crippen molar-refractivity contribution in [1.82, 2.24) is 4.98 Å². The fourth-order valence-corrected chi connectivity index (χ4v) is 1.00. The van der Waals surface area contributed by atoms with Gasteiger partial charge in [-0.3, -0.25) is 0 Å². The lowest BCUT2D eigenvalue weighted by Crippen LogP contribution is -1.83. The third-order valence-electron chi connectivity index (χ3n) is 1.50. The minimum Gasteiger partial charge on any atom is -0.444 e. The van der Waals surface area contributed by atoms with Gasteiger partial charge in [0.25, 0.3) is 0 Å². The molecule has 2 aromatic rings. The number of rotatable bonds is 1.